The maximum atomic E-state index is 5.41. The molecule has 0 amide bonds. The Labute approximate surface area is 237 Å². The molecule has 4 rings (SSSR count). The van der Waals surface area contributed by atoms with Gasteiger partial charge in [0.2, 0.25) is 0 Å². The first-order valence-electron chi connectivity index (χ1n) is 13.3. The van der Waals surface area contributed by atoms with Gasteiger partial charge in [0.05, 0.1) is 19.9 Å². The van der Waals surface area contributed by atoms with Gasteiger partial charge in [0.1, 0.15) is 11.5 Å². The first-order chi connectivity index (χ1) is 19.0. The molecular formula is C34H38N2O2S. The summed E-state index contributed by atoms with van der Waals surface area (Å²) in [5, 5.41) is 1.00. The van der Waals surface area contributed by atoms with E-state index in [0.29, 0.717) is 5.92 Å². The summed E-state index contributed by atoms with van der Waals surface area (Å²) >= 11 is 1.79. The van der Waals surface area contributed by atoms with Gasteiger partial charge in [-0.2, -0.15) is 0 Å². The monoisotopic (exact) mass is 538 g/mol. The van der Waals surface area contributed by atoms with Crippen molar-refractivity contribution in [3.63, 3.8) is 0 Å². The fraction of sp³-hybridized carbons (Fsp3) is 0.265. The molecule has 0 saturated heterocycles. The van der Waals surface area contributed by atoms with E-state index in [1.165, 1.54) is 27.8 Å². The van der Waals surface area contributed by atoms with Gasteiger partial charge in [-0.1, -0.05) is 98.4 Å². The van der Waals surface area contributed by atoms with Crippen LogP contribution < -0.4 is 9.47 Å². The zero-order chi connectivity index (χ0) is 27.6. The Balaban J connectivity index is 1.77. The van der Waals surface area contributed by atoms with Crippen LogP contribution in [0, 0.1) is 6.92 Å². The highest BCUT2D eigenvalue weighted by Gasteiger charge is 2.17. The van der Waals surface area contributed by atoms with E-state index in [4.69, 9.17) is 14.5 Å². The molecule has 5 heteroatoms. The smallest absolute Gasteiger partial charge is 0.165 e. The van der Waals surface area contributed by atoms with Gasteiger partial charge in [0.15, 0.2) is 5.17 Å². The van der Waals surface area contributed by atoms with Crippen molar-refractivity contribution in [2.45, 2.75) is 45.5 Å². The number of hydrogen-bond donors (Lipinski definition) is 0. The number of hydrogen-bond acceptors (Lipinski definition) is 4. The first kappa shape index (κ1) is 28.3. The number of aliphatic imine (C=N–C) groups is 1. The van der Waals surface area contributed by atoms with Gasteiger partial charge in [-0.25, -0.2) is 4.99 Å². The molecule has 4 nitrogen and oxygen atoms in total. The van der Waals surface area contributed by atoms with Crippen LogP contribution in [0.15, 0.2) is 102 Å². The minimum Gasteiger partial charge on any atom is -0.497 e. The number of para-hydroxylation sites is 1. The second-order valence-electron chi connectivity index (χ2n) is 9.89. The van der Waals surface area contributed by atoms with E-state index in [9.17, 15) is 0 Å². The van der Waals surface area contributed by atoms with E-state index in [2.05, 4.69) is 98.5 Å². The van der Waals surface area contributed by atoms with Crippen molar-refractivity contribution in [3.8, 4) is 11.5 Å². The number of amidine groups is 1. The van der Waals surface area contributed by atoms with Crippen LogP contribution in [0.4, 0.5) is 5.69 Å². The van der Waals surface area contributed by atoms with Crippen molar-refractivity contribution in [3.05, 3.63) is 125 Å². The van der Waals surface area contributed by atoms with Crippen molar-refractivity contribution < 1.29 is 9.47 Å². The lowest BCUT2D eigenvalue weighted by Crippen LogP contribution is -2.28. The number of thioether (sulfide) groups is 1. The summed E-state index contributed by atoms with van der Waals surface area (Å²) in [7, 11) is 3.40. The molecule has 0 unspecified atom stereocenters. The highest BCUT2D eigenvalue weighted by Crippen LogP contribution is 2.33. The average Bonchev–Trinajstić information content (AvgIpc) is 2.97. The summed E-state index contributed by atoms with van der Waals surface area (Å²) in [5.74, 6) is 2.92. The lowest BCUT2D eigenvalue weighted by Gasteiger charge is -2.27. The third kappa shape index (κ3) is 7.90. The fourth-order valence-corrected chi connectivity index (χ4v) is 5.36. The quantitative estimate of drug-likeness (QED) is 0.149. The Morgan fingerprint density at radius 3 is 1.79 bits per heavy atom. The zero-order valence-corrected chi connectivity index (χ0v) is 24.4. The van der Waals surface area contributed by atoms with Crippen molar-refractivity contribution in [2.75, 3.05) is 14.2 Å². The Morgan fingerprint density at radius 1 is 0.718 bits per heavy atom. The highest BCUT2D eigenvalue weighted by atomic mass is 32.2. The molecule has 0 bridgehead atoms. The van der Waals surface area contributed by atoms with Gasteiger partial charge in [0.25, 0.3) is 0 Å². The minimum atomic E-state index is 0.376. The Morgan fingerprint density at radius 2 is 1.28 bits per heavy atom. The van der Waals surface area contributed by atoms with Crippen molar-refractivity contribution >= 4 is 22.6 Å². The molecule has 0 heterocycles. The summed E-state index contributed by atoms with van der Waals surface area (Å²) in [6.07, 6.45) is 0. The predicted octanol–water partition coefficient (Wildman–Crippen LogP) is 8.76. The first-order valence-corrected chi connectivity index (χ1v) is 14.3. The molecule has 4 aromatic rings. The van der Waals surface area contributed by atoms with Crippen LogP contribution in [0.1, 0.15) is 47.6 Å². The molecule has 0 N–H and O–H groups in total. The maximum absolute atomic E-state index is 5.41. The van der Waals surface area contributed by atoms with Gasteiger partial charge in [0, 0.05) is 18.8 Å². The zero-order valence-electron chi connectivity index (χ0n) is 23.6. The van der Waals surface area contributed by atoms with Gasteiger partial charge in [-0.15, -0.1) is 0 Å². The summed E-state index contributed by atoms with van der Waals surface area (Å²) in [5.41, 5.74) is 7.20. The van der Waals surface area contributed by atoms with Crippen molar-refractivity contribution in [1.29, 1.82) is 0 Å². The van der Waals surface area contributed by atoms with Gasteiger partial charge in [-0.05, 0) is 64.9 Å². The van der Waals surface area contributed by atoms with Crippen molar-refractivity contribution in [2.24, 2.45) is 4.99 Å². The molecular weight excluding hydrogens is 500 g/mol. The Kier molecular flexibility index (Phi) is 10.1. The molecule has 0 aliphatic heterocycles. The lowest BCUT2D eigenvalue weighted by atomic mass is 9.98. The predicted molar refractivity (Wildman–Crippen MR) is 165 cm³/mol. The summed E-state index contributed by atoms with van der Waals surface area (Å²) < 4.78 is 10.8. The molecule has 0 saturated carbocycles. The number of nitrogens with zero attached hydrogens (tertiary/aromatic N) is 2. The SMILES string of the molecule is COc1ccc(CN(Cc2ccc(OC)cc2)C(=Nc2c(C)cccc2C(C)C)SCc2ccccc2)cc1. The average molecular weight is 539 g/mol. The van der Waals surface area contributed by atoms with Gasteiger partial charge >= 0.3 is 0 Å². The highest BCUT2D eigenvalue weighted by molar-refractivity contribution is 8.13. The van der Waals surface area contributed by atoms with Crippen LogP contribution in [0.2, 0.25) is 0 Å². The van der Waals surface area contributed by atoms with Crippen LogP contribution in [-0.2, 0) is 18.8 Å². The fourth-order valence-electron chi connectivity index (χ4n) is 4.41. The largest absolute Gasteiger partial charge is 0.497 e. The standard InChI is InChI=1S/C34H38N2O2S/c1-25(2)32-13-9-10-26(3)33(32)35-34(39-24-29-11-7-6-8-12-29)36(22-27-14-18-30(37-4)19-15-27)23-28-16-20-31(38-5)21-17-28/h6-21,25H,22-24H2,1-5H3. The molecule has 0 fully saturated rings. The second kappa shape index (κ2) is 13.9. The molecule has 0 spiro atoms. The summed E-state index contributed by atoms with van der Waals surface area (Å²) in [4.78, 5) is 7.79. The van der Waals surface area contributed by atoms with E-state index >= 15 is 0 Å². The number of ether oxygens (including phenoxy) is 2. The third-order valence-electron chi connectivity index (χ3n) is 6.64. The minimum absolute atomic E-state index is 0.376. The molecule has 39 heavy (non-hydrogen) atoms. The van der Waals surface area contributed by atoms with Crippen molar-refractivity contribution in [1.82, 2.24) is 4.90 Å². The molecule has 0 aliphatic carbocycles. The topological polar surface area (TPSA) is 34.1 Å². The molecule has 0 radical (unpaired) electrons. The molecule has 202 valence electrons. The lowest BCUT2D eigenvalue weighted by molar-refractivity contribution is 0.405. The molecule has 0 aromatic heterocycles. The summed E-state index contributed by atoms with van der Waals surface area (Å²) in [6, 6.07) is 33.7. The molecule has 4 aromatic carbocycles. The van der Waals surface area contributed by atoms with Crippen LogP contribution in [-0.4, -0.2) is 24.3 Å². The third-order valence-corrected chi connectivity index (χ3v) is 7.73. The van der Waals surface area contributed by atoms with Crippen LogP contribution in [0.3, 0.4) is 0 Å². The number of aryl methyl sites for hydroxylation is 1. The normalized spacial score (nSPS) is 11.5. The van der Waals surface area contributed by atoms with E-state index in [-0.39, 0.29) is 0 Å². The van der Waals surface area contributed by atoms with Crippen LogP contribution in [0.25, 0.3) is 0 Å². The van der Waals surface area contributed by atoms with E-state index < -0.39 is 0 Å². The number of methoxy groups -OCH3 is 2. The Hall–Kier alpha value is -3.70. The van der Waals surface area contributed by atoms with Crippen LogP contribution >= 0.6 is 11.8 Å². The number of benzene rings is 4. The molecule has 0 aliphatic rings. The maximum Gasteiger partial charge on any atom is 0.165 e. The van der Waals surface area contributed by atoms with E-state index in [0.717, 1.165) is 41.2 Å². The number of rotatable bonds is 10. The molecule has 0 atom stereocenters. The van der Waals surface area contributed by atoms with Gasteiger partial charge in [-0.3, -0.25) is 0 Å². The Bertz CT molecular complexity index is 1300. The van der Waals surface area contributed by atoms with Gasteiger partial charge < -0.3 is 14.4 Å². The van der Waals surface area contributed by atoms with E-state index in [1.54, 1.807) is 26.0 Å². The van der Waals surface area contributed by atoms with E-state index in [1.807, 2.05) is 24.3 Å². The van der Waals surface area contributed by atoms with Crippen LogP contribution in [0.5, 0.6) is 11.5 Å². The summed E-state index contributed by atoms with van der Waals surface area (Å²) in [6.45, 7) is 8.06. The second-order valence-corrected chi connectivity index (χ2v) is 10.8.